The van der Waals surface area contributed by atoms with Gasteiger partial charge in [-0.05, 0) is 61.0 Å². The second kappa shape index (κ2) is 6.91. The highest BCUT2D eigenvalue weighted by molar-refractivity contribution is 6.03. The summed E-state index contributed by atoms with van der Waals surface area (Å²) in [5.74, 6) is -0.280. The molecule has 4 nitrogen and oxygen atoms in total. The number of hydrogen-bond acceptors (Lipinski definition) is 3. The fourth-order valence-corrected chi connectivity index (χ4v) is 2.22. The third-order valence-corrected chi connectivity index (χ3v) is 3.42. The Kier molecular flexibility index (Phi) is 4.52. The van der Waals surface area contributed by atoms with Gasteiger partial charge in [0.1, 0.15) is 11.6 Å². The summed E-state index contributed by atoms with van der Waals surface area (Å²) in [4.78, 5) is 16.3. The number of halogens is 1. The molecule has 0 bridgehead atoms. The van der Waals surface area contributed by atoms with Crippen molar-refractivity contribution in [2.75, 3.05) is 10.6 Å². The highest BCUT2D eigenvalue weighted by Gasteiger charge is 2.07. The maximum Gasteiger partial charge on any atom is 0.256 e. The van der Waals surface area contributed by atoms with Crippen LogP contribution in [0.25, 0.3) is 0 Å². The van der Waals surface area contributed by atoms with Gasteiger partial charge >= 0.3 is 0 Å². The normalized spacial score (nSPS) is 10.2. The predicted octanol–water partition coefficient (Wildman–Crippen LogP) is 4.53. The first-order valence-electron chi connectivity index (χ1n) is 7.47. The monoisotopic (exact) mass is 321 g/mol. The van der Waals surface area contributed by atoms with Crippen LogP contribution in [0.2, 0.25) is 0 Å². The fraction of sp³-hybridized carbons (Fsp3) is 0.0526. The molecule has 1 aromatic heterocycles. The van der Waals surface area contributed by atoms with E-state index in [4.69, 9.17) is 0 Å². The maximum absolute atomic E-state index is 12.9. The number of aromatic nitrogens is 1. The summed E-state index contributed by atoms with van der Waals surface area (Å²) in [7, 11) is 0. The average molecular weight is 321 g/mol. The lowest BCUT2D eigenvalue weighted by atomic mass is 10.2. The molecule has 1 amide bonds. The minimum absolute atomic E-state index is 0.332. The van der Waals surface area contributed by atoms with Crippen molar-refractivity contribution in [3.05, 3.63) is 83.8 Å². The first-order chi connectivity index (χ1) is 11.6. The van der Waals surface area contributed by atoms with Gasteiger partial charge in [-0.2, -0.15) is 0 Å². The van der Waals surface area contributed by atoms with E-state index in [0.717, 1.165) is 16.9 Å². The van der Waals surface area contributed by atoms with E-state index in [2.05, 4.69) is 15.6 Å². The van der Waals surface area contributed by atoms with Gasteiger partial charge in [0.15, 0.2) is 0 Å². The second-order valence-corrected chi connectivity index (χ2v) is 5.39. The van der Waals surface area contributed by atoms with Gasteiger partial charge in [-0.3, -0.25) is 4.79 Å². The minimum Gasteiger partial charge on any atom is -0.354 e. The molecule has 0 aliphatic rings. The van der Waals surface area contributed by atoms with Gasteiger partial charge in [-0.15, -0.1) is 0 Å². The Bertz CT molecular complexity index is 845. The number of hydrogen-bond donors (Lipinski definition) is 2. The van der Waals surface area contributed by atoms with E-state index in [1.165, 1.54) is 24.3 Å². The second-order valence-electron chi connectivity index (χ2n) is 5.39. The van der Waals surface area contributed by atoms with Crippen molar-refractivity contribution in [3.8, 4) is 0 Å². The predicted molar refractivity (Wildman–Crippen MR) is 93.1 cm³/mol. The van der Waals surface area contributed by atoms with Gasteiger partial charge < -0.3 is 10.6 Å². The topological polar surface area (TPSA) is 54.0 Å². The van der Waals surface area contributed by atoms with E-state index >= 15 is 0 Å². The summed E-state index contributed by atoms with van der Waals surface area (Å²) in [6, 6.07) is 16.9. The van der Waals surface area contributed by atoms with Crippen molar-refractivity contribution in [2.45, 2.75) is 6.92 Å². The van der Waals surface area contributed by atoms with E-state index in [0.29, 0.717) is 11.4 Å². The van der Waals surface area contributed by atoms with Crippen LogP contribution in [-0.2, 0) is 0 Å². The van der Waals surface area contributed by atoms with Crippen LogP contribution in [0.3, 0.4) is 0 Å². The molecule has 0 atom stereocenters. The number of pyridine rings is 1. The van der Waals surface area contributed by atoms with Crippen LogP contribution >= 0.6 is 0 Å². The van der Waals surface area contributed by atoms with Gasteiger partial charge in [0.25, 0.3) is 5.91 Å². The molecule has 0 saturated carbocycles. The zero-order valence-corrected chi connectivity index (χ0v) is 13.1. The lowest BCUT2D eigenvalue weighted by molar-refractivity contribution is 0.102. The largest absolute Gasteiger partial charge is 0.354 e. The van der Waals surface area contributed by atoms with Crippen molar-refractivity contribution in [1.82, 2.24) is 4.98 Å². The summed E-state index contributed by atoms with van der Waals surface area (Å²) >= 11 is 0. The highest BCUT2D eigenvalue weighted by Crippen LogP contribution is 2.18. The molecular formula is C19H16FN3O. The summed E-state index contributed by atoms with van der Waals surface area (Å²) in [6.45, 7) is 2.03. The number of anilines is 3. The van der Waals surface area contributed by atoms with Gasteiger partial charge in [0, 0.05) is 11.3 Å². The summed E-state index contributed by atoms with van der Waals surface area (Å²) in [6.07, 6.45) is 1.64. The van der Waals surface area contributed by atoms with E-state index < -0.39 is 0 Å². The lowest BCUT2D eigenvalue weighted by Crippen LogP contribution is -2.12. The van der Waals surface area contributed by atoms with Crippen LogP contribution in [0.1, 0.15) is 15.9 Å². The van der Waals surface area contributed by atoms with Crippen LogP contribution in [-0.4, -0.2) is 10.9 Å². The molecule has 0 fully saturated rings. The molecule has 0 unspecified atom stereocenters. The Labute approximate surface area is 139 Å². The van der Waals surface area contributed by atoms with E-state index in [1.807, 2.05) is 37.3 Å². The van der Waals surface area contributed by atoms with Gasteiger partial charge in [-0.25, -0.2) is 9.37 Å². The number of amides is 1. The molecule has 120 valence electrons. The zero-order valence-electron chi connectivity index (χ0n) is 13.1. The summed E-state index contributed by atoms with van der Waals surface area (Å²) in [5.41, 5.74) is 3.33. The van der Waals surface area contributed by atoms with Crippen molar-refractivity contribution in [3.63, 3.8) is 0 Å². The van der Waals surface area contributed by atoms with Crippen molar-refractivity contribution in [1.29, 1.82) is 0 Å². The third kappa shape index (κ3) is 3.95. The maximum atomic E-state index is 12.9. The standard InChI is InChI=1S/C19H16FN3O/c1-13-3-2-4-16(11-13)22-17-9-10-18(21-12-17)23-19(24)14-5-7-15(20)8-6-14/h2-12,22H,1H3,(H,21,23,24). The van der Waals surface area contributed by atoms with Crippen LogP contribution < -0.4 is 10.6 Å². The number of aryl methyl sites for hydroxylation is 1. The van der Waals surface area contributed by atoms with Crippen LogP contribution in [0.15, 0.2) is 66.9 Å². The number of carbonyl (C=O) groups excluding carboxylic acids is 1. The van der Waals surface area contributed by atoms with Crippen LogP contribution in [0.5, 0.6) is 0 Å². The number of carbonyl (C=O) groups is 1. The molecule has 5 heteroatoms. The Hall–Kier alpha value is -3.21. The first kappa shape index (κ1) is 15.7. The zero-order chi connectivity index (χ0) is 16.9. The molecule has 0 aliphatic carbocycles. The number of nitrogens with zero attached hydrogens (tertiary/aromatic N) is 1. The Morgan fingerprint density at radius 3 is 2.46 bits per heavy atom. The van der Waals surface area contributed by atoms with Gasteiger partial charge in [-0.1, -0.05) is 12.1 Å². The molecule has 0 spiro atoms. The lowest BCUT2D eigenvalue weighted by Gasteiger charge is -2.08. The van der Waals surface area contributed by atoms with Crippen LogP contribution in [0.4, 0.5) is 21.6 Å². The van der Waals surface area contributed by atoms with Gasteiger partial charge in [0.2, 0.25) is 0 Å². The molecule has 24 heavy (non-hydrogen) atoms. The SMILES string of the molecule is Cc1cccc(Nc2ccc(NC(=O)c3ccc(F)cc3)nc2)c1. The Morgan fingerprint density at radius 1 is 1.00 bits per heavy atom. The Balaban J connectivity index is 1.66. The molecule has 2 aromatic carbocycles. The van der Waals surface area contributed by atoms with Crippen molar-refractivity contribution < 1.29 is 9.18 Å². The molecule has 3 rings (SSSR count). The molecule has 3 aromatic rings. The summed E-state index contributed by atoms with van der Waals surface area (Å²) in [5, 5.41) is 5.92. The van der Waals surface area contributed by atoms with Gasteiger partial charge in [0.05, 0.1) is 11.9 Å². The Morgan fingerprint density at radius 2 is 1.79 bits per heavy atom. The molecular weight excluding hydrogens is 305 g/mol. The van der Waals surface area contributed by atoms with Crippen LogP contribution in [0, 0.1) is 12.7 Å². The van der Waals surface area contributed by atoms with E-state index in [1.54, 1.807) is 12.3 Å². The molecule has 0 radical (unpaired) electrons. The quantitative estimate of drug-likeness (QED) is 0.742. The third-order valence-electron chi connectivity index (χ3n) is 3.42. The fourth-order valence-electron chi connectivity index (χ4n) is 2.22. The number of nitrogens with one attached hydrogen (secondary N) is 2. The molecule has 0 aliphatic heterocycles. The number of rotatable bonds is 4. The van der Waals surface area contributed by atoms with Crippen molar-refractivity contribution in [2.24, 2.45) is 0 Å². The van der Waals surface area contributed by atoms with E-state index in [-0.39, 0.29) is 11.7 Å². The average Bonchev–Trinajstić information content (AvgIpc) is 2.57. The molecule has 1 heterocycles. The smallest absolute Gasteiger partial charge is 0.256 e. The number of benzene rings is 2. The van der Waals surface area contributed by atoms with E-state index in [9.17, 15) is 9.18 Å². The minimum atomic E-state index is -0.378. The highest BCUT2D eigenvalue weighted by atomic mass is 19.1. The molecule has 2 N–H and O–H groups in total. The summed E-state index contributed by atoms with van der Waals surface area (Å²) < 4.78 is 12.9. The van der Waals surface area contributed by atoms with Crippen molar-refractivity contribution >= 4 is 23.1 Å². The molecule has 0 saturated heterocycles. The first-order valence-corrected chi connectivity index (χ1v) is 7.47.